The van der Waals surface area contributed by atoms with Gasteiger partial charge in [-0.1, -0.05) is 19.1 Å². The minimum Gasteiger partial charge on any atom is -0.497 e. The van der Waals surface area contributed by atoms with Crippen LogP contribution in [0.3, 0.4) is 0 Å². The van der Waals surface area contributed by atoms with Crippen molar-refractivity contribution >= 4 is 34.6 Å². The van der Waals surface area contributed by atoms with Crippen molar-refractivity contribution in [2.75, 3.05) is 31.7 Å². The van der Waals surface area contributed by atoms with Crippen LogP contribution in [0.1, 0.15) is 25.3 Å². The van der Waals surface area contributed by atoms with E-state index in [0.717, 1.165) is 40.8 Å². The largest absolute Gasteiger partial charge is 0.497 e. The highest BCUT2D eigenvalue weighted by Crippen LogP contribution is 2.33. The van der Waals surface area contributed by atoms with Crippen LogP contribution in [0, 0.1) is 8.99 Å². The first-order valence-electron chi connectivity index (χ1n) is 9.34. The predicted molar refractivity (Wildman–Crippen MR) is 117 cm³/mol. The quantitative estimate of drug-likeness (QED) is 0.568. The summed E-state index contributed by atoms with van der Waals surface area (Å²) in [5, 5.41) is 0. The van der Waals surface area contributed by atoms with Crippen molar-refractivity contribution in [3.05, 3.63) is 39.6 Å². The summed E-state index contributed by atoms with van der Waals surface area (Å²) in [5.74, 6) is 2.02. The molecule has 1 amide bonds. The summed E-state index contributed by atoms with van der Waals surface area (Å²) in [5.41, 5.74) is 6.04. The third-order valence-electron chi connectivity index (χ3n) is 5.05. The molecule has 8 nitrogen and oxygen atoms in total. The summed E-state index contributed by atoms with van der Waals surface area (Å²) in [4.78, 5) is 22.1. The van der Waals surface area contributed by atoms with E-state index in [2.05, 4.69) is 44.4 Å². The van der Waals surface area contributed by atoms with Gasteiger partial charge in [-0.25, -0.2) is 9.78 Å². The van der Waals surface area contributed by atoms with Gasteiger partial charge in [0.15, 0.2) is 0 Å². The number of rotatable bonds is 7. The Morgan fingerprint density at radius 2 is 1.97 bits per heavy atom. The maximum atomic E-state index is 10.9. The second-order valence-corrected chi connectivity index (χ2v) is 8.53. The van der Waals surface area contributed by atoms with Gasteiger partial charge in [0.2, 0.25) is 11.8 Å². The molecule has 0 radical (unpaired) electrons. The number of methoxy groups -OCH3 is 1. The Kier molecular flexibility index (Phi) is 6.99. The molecule has 0 unspecified atom stereocenters. The van der Waals surface area contributed by atoms with E-state index in [4.69, 9.17) is 19.9 Å². The molecule has 1 aliphatic rings. The first-order chi connectivity index (χ1) is 13.9. The number of primary amides is 1. The van der Waals surface area contributed by atoms with Crippen LogP contribution in [-0.2, 0) is 11.3 Å². The number of halogens is 1. The normalized spacial score (nSPS) is 15.6. The molecule has 0 aliphatic carbocycles. The van der Waals surface area contributed by atoms with Crippen molar-refractivity contribution < 1.29 is 19.0 Å². The number of ether oxygens (including phenoxy) is 3. The molecule has 2 N–H and O–H groups in total. The van der Waals surface area contributed by atoms with Crippen molar-refractivity contribution in [3.63, 3.8) is 0 Å². The van der Waals surface area contributed by atoms with E-state index in [1.165, 1.54) is 0 Å². The summed E-state index contributed by atoms with van der Waals surface area (Å²) in [6.07, 6.45) is 2.76. The van der Waals surface area contributed by atoms with Crippen LogP contribution in [0.25, 0.3) is 0 Å². The molecule has 1 aromatic heterocycles. The zero-order valence-corrected chi connectivity index (χ0v) is 18.7. The molecule has 1 aromatic carbocycles. The van der Waals surface area contributed by atoms with Crippen LogP contribution < -0.4 is 20.1 Å². The Hall–Kier alpha value is -2.30. The molecule has 2 heterocycles. The second-order valence-electron chi connectivity index (χ2n) is 7.37. The lowest BCUT2D eigenvalue weighted by atomic mass is 9.81. The summed E-state index contributed by atoms with van der Waals surface area (Å²) in [6, 6.07) is 7.74. The fraction of sp³-hybridized carbons (Fsp3) is 0.450. The van der Waals surface area contributed by atoms with Gasteiger partial charge in [0, 0.05) is 24.7 Å². The molecular weight excluding hydrogens is 487 g/mol. The van der Waals surface area contributed by atoms with Gasteiger partial charge in [0.25, 0.3) is 0 Å². The fourth-order valence-electron chi connectivity index (χ4n) is 3.11. The molecule has 156 valence electrons. The molecule has 2 aromatic rings. The number of benzene rings is 1. The van der Waals surface area contributed by atoms with Gasteiger partial charge >= 0.3 is 6.09 Å². The average Bonchev–Trinajstić information content (AvgIpc) is 2.73. The SMILES string of the molecule is COc1ccc(COc2nc(N3CCC(C)(COC(N)=O)CC3)ncc2I)cc1. The number of hydrogen-bond donors (Lipinski definition) is 1. The molecular formula is C20H25IN4O4. The van der Waals surface area contributed by atoms with Crippen molar-refractivity contribution in [1.29, 1.82) is 0 Å². The van der Waals surface area contributed by atoms with Crippen LogP contribution in [0.15, 0.2) is 30.5 Å². The highest BCUT2D eigenvalue weighted by molar-refractivity contribution is 14.1. The maximum Gasteiger partial charge on any atom is 0.404 e. The third kappa shape index (κ3) is 5.84. The average molecular weight is 512 g/mol. The molecule has 1 saturated heterocycles. The van der Waals surface area contributed by atoms with Crippen molar-refractivity contribution in [2.24, 2.45) is 11.1 Å². The number of nitrogens with two attached hydrogens (primary N) is 1. The van der Waals surface area contributed by atoms with Crippen LogP contribution >= 0.6 is 22.6 Å². The van der Waals surface area contributed by atoms with Crippen LogP contribution in [0.5, 0.6) is 11.6 Å². The Labute approximate surface area is 183 Å². The minimum absolute atomic E-state index is 0.0809. The predicted octanol–water partition coefficient (Wildman–Crippen LogP) is 3.37. The van der Waals surface area contributed by atoms with Gasteiger partial charge in [-0.2, -0.15) is 4.98 Å². The van der Waals surface area contributed by atoms with Gasteiger partial charge < -0.3 is 24.8 Å². The Morgan fingerprint density at radius 1 is 1.28 bits per heavy atom. The molecule has 3 rings (SSSR count). The smallest absolute Gasteiger partial charge is 0.404 e. The van der Waals surface area contributed by atoms with Crippen molar-refractivity contribution in [1.82, 2.24) is 9.97 Å². The molecule has 0 bridgehead atoms. The molecule has 1 aliphatic heterocycles. The van der Waals surface area contributed by atoms with E-state index in [1.807, 2.05) is 24.3 Å². The number of amides is 1. The second kappa shape index (κ2) is 9.47. The zero-order valence-electron chi connectivity index (χ0n) is 16.6. The highest BCUT2D eigenvalue weighted by atomic mass is 127. The Balaban J connectivity index is 1.61. The number of carbonyl (C=O) groups is 1. The number of anilines is 1. The van der Waals surface area contributed by atoms with E-state index in [1.54, 1.807) is 13.3 Å². The zero-order chi connectivity index (χ0) is 20.9. The maximum absolute atomic E-state index is 10.9. The third-order valence-corrected chi connectivity index (χ3v) is 5.79. The lowest BCUT2D eigenvalue weighted by molar-refractivity contribution is 0.0817. The van der Waals surface area contributed by atoms with E-state index >= 15 is 0 Å². The van der Waals surface area contributed by atoms with Crippen LogP contribution in [0.2, 0.25) is 0 Å². The summed E-state index contributed by atoms with van der Waals surface area (Å²) in [7, 11) is 1.64. The topological polar surface area (TPSA) is 99.8 Å². The Morgan fingerprint density at radius 3 is 2.59 bits per heavy atom. The van der Waals surface area contributed by atoms with E-state index < -0.39 is 6.09 Å². The lowest BCUT2D eigenvalue weighted by Gasteiger charge is -2.38. The number of carbonyl (C=O) groups excluding carboxylic acids is 1. The summed E-state index contributed by atoms with van der Waals surface area (Å²) >= 11 is 2.18. The highest BCUT2D eigenvalue weighted by Gasteiger charge is 2.32. The van der Waals surface area contributed by atoms with Gasteiger partial charge in [-0.15, -0.1) is 0 Å². The van der Waals surface area contributed by atoms with Crippen LogP contribution in [0.4, 0.5) is 10.7 Å². The van der Waals surface area contributed by atoms with Gasteiger partial charge in [-0.3, -0.25) is 0 Å². The number of nitrogens with zero attached hydrogens (tertiary/aromatic N) is 3. The first kappa shape index (κ1) is 21.4. The first-order valence-corrected chi connectivity index (χ1v) is 10.4. The molecule has 29 heavy (non-hydrogen) atoms. The molecule has 0 saturated carbocycles. The summed E-state index contributed by atoms with van der Waals surface area (Å²) in [6.45, 7) is 4.40. The minimum atomic E-state index is -0.728. The van der Waals surface area contributed by atoms with Gasteiger partial charge in [-0.05, 0) is 53.1 Å². The molecule has 1 fully saturated rings. The monoisotopic (exact) mass is 512 g/mol. The van der Waals surface area contributed by atoms with Crippen LogP contribution in [-0.4, -0.2) is 42.9 Å². The molecule has 0 atom stereocenters. The van der Waals surface area contributed by atoms with Gasteiger partial charge in [0.05, 0.1) is 17.3 Å². The number of hydrogen-bond acceptors (Lipinski definition) is 7. The van der Waals surface area contributed by atoms with Crippen molar-refractivity contribution in [3.8, 4) is 11.6 Å². The molecule has 9 heteroatoms. The van der Waals surface area contributed by atoms with Gasteiger partial charge in [0.1, 0.15) is 12.4 Å². The lowest BCUT2D eigenvalue weighted by Crippen LogP contribution is -2.42. The Bertz CT molecular complexity index is 839. The fourth-order valence-corrected chi connectivity index (χ4v) is 3.52. The standard InChI is InChI=1S/C20H25IN4O4/c1-20(13-29-18(22)26)7-9-25(10-8-20)19-23-11-16(21)17(24-19)28-12-14-3-5-15(27-2)6-4-14/h3-6,11H,7-10,12-13H2,1-2H3,(H2,22,26). The summed E-state index contributed by atoms with van der Waals surface area (Å²) < 4.78 is 17.0. The van der Waals surface area contributed by atoms with E-state index in [-0.39, 0.29) is 5.41 Å². The van der Waals surface area contributed by atoms with E-state index in [0.29, 0.717) is 25.0 Å². The molecule has 0 spiro atoms. The number of aromatic nitrogens is 2. The number of piperidine rings is 1. The van der Waals surface area contributed by atoms with E-state index in [9.17, 15) is 4.79 Å². The van der Waals surface area contributed by atoms with Crippen molar-refractivity contribution in [2.45, 2.75) is 26.4 Å².